The third-order valence-corrected chi connectivity index (χ3v) is 5.58. The van der Waals surface area contributed by atoms with E-state index in [1.807, 2.05) is 13.0 Å². The van der Waals surface area contributed by atoms with Crippen molar-refractivity contribution in [2.45, 2.75) is 71.6 Å². The van der Waals surface area contributed by atoms with Crippen molar-refractivity contribution in [2.24, 2.45) is 5.41 Å². The van der Waals surface area contributed by atoms with Gasteiger partial charge in [-0.1, -0.05) is 33.8 Å². The molecule has 0 unspecified atom stereocenters. The lowest BCUT2D eigenvalue weighted by atomic mass is 9.81. The second-order valence-corrected chi connectivity index (χ2v) is 9.37. The molecule has 1 saturated heterocycles. The number of likely N-dealkylation sites (tertiary alicyclic amines) is 1. The summed E-state index contributed by atoms with van der Waals surface area (Å²) in [6.07, 6.45) is 2.20. The zero-order valence-corrected chi connectivity index (χ0v) is 16.4. The molecule has 0 radical (unpaired) electrons. The number of aliphatic hydroxyl groups is 1. The average Bonchev–Trinajstić information content (AvgIpc) is 2.95. The first kappa shape index (κ1) is 19.4. The van der Waals surface area contributed by atoms with Crippen molar-refractivity contribution in [3.63, 3.8) is 0 Å². The van der Waals surface area contributed by atoms with Crippen LogP contribution in [0.15, 0.2) is 17.5 Å². The van der Waals surface area contributed by atoms with E-state index in [0.29, 0.717) is 12.8 Å². The van der Waals surface area contributed by atoms with Crippen LogP contribution in [0, 0.1) is 5.41 Å². The Morgan fingerprint density at radius 3 is 2.75 bits per heavy atom. The van der Waals surface area contributed by atoms with Crippen LogP contribution in [0.4, 0.5) is 0 Å². The van der Waals surface area contributed by atoms with Gasteiger partial charge in [0.2, 0.25) is 5.91 Å². The Labute approximate surface area is 150 Å². The highest BCUT2D eigenvalue weighted by molar-refractivity contribution is 7.10. The van der Waals surface area contributed by atoms with Crippen LogP contribution >= 0.6 is 11.3 Å². The number of hydrogen-bond acceptors (Lipinski definition) is 4. The van der Waals surface area contributed by atoms with E-state index in [-0.39, 0.29) is 23.4 Å². The Hall–Kier alpha value is -0.910. The number of thiophene rings is 1. The Morgan fingerprint density at radius 1 is 1.50 bits per heavy atom. The summed E-state index contributed by atoms with van der Waals surface area (Å²) in [6.45, 7) is 12.0. The molecule has 136 valence electrons. The van der Waals surface area contributed by atoms with Gasteiger partial charge in [0.25, 0.3) is 0 Å². The van der Waals surface area contributed by atoms with Crippen molar-refractivity contribution >= 4 is 17.2 Å². The number of nitrogens with one attached hydrogen (secondary N) is 1. The average molecular weight is 353 g/mol. The molecule has 3 atom stereocenters. The summed E-state index contributed by atoms with van der Waals surface area (Å²) in [6, 6.07) is 3.91. The number of piperidine rings is 1. The Bertz CT molecular complexity index is 534. The van der Waals surface area contributed by atoms with E-state index in [9.17, 15) is 9.90 Å². The molecule has 2 rings (SSSR count). The summed E-state index contributed by atoms with van der Waals surface area (Å²) in [5.74, 6) is 0.0210. The first-order valence-corrected chi connectivity index (χ1v) is 9.81. The molecule has 2 N–H and O–H groups in total. The van der Waals surface area contributed by atoms with E-state index >= 15 is 0 Å². The van der Waals surface area contributed by atoms with Crippen molar-refractivity contribution < 1.29 is 9.90 Å². The van der Waals surface area contributed by atoms with Gasteiger partial charge in [-0.05, 0) is 43.2 Å². The number of carbonyl (C=O) groups is 1. The number of hydrogen-bond donors (Lipinski definition) is 2. The molecule has 1 amide bonds. The van der Waals surface area contributed by atoms with Crippen LogP contribution in [0.2, 0.25) is 0 Å². The van der Waals surface area contributed by atoms with Gasteiger partial charge in [-0.2, -0.15) is 0 Å². The van der Waals surface area contributed by atoms with Crippen molar-refractivity contribution in [3.05, 3.63) is 22.4 Å². The normalized spacial score (nSPS) is 28.8. The van der Waals surface area contributed by atoms with Crippen LogP contribution in [0.1, 0.15) is 64.8 Å². The molecule has 0 bridgehead atoms. The van der Waals surface area contributed by atoms with Crippen LogP contribution in [0.3, 0.4) is 0 Å². The molecule has 5 heteroatoms. The highest BCUT2D eigenvalue weighted by atomic mass is 32.1. The zero-order valence-electron chi connectivity index (χ0n) is 15.6. The van der Waals surface area contributed by atoms with E-state index in [1.54, 1.807) is 11.3 Å². The summed E-state index contributed by atoms with van der Waals surface area (Å²) < 4.78 is 0. The predicted octanol–water partition coefficient (Wildman–Crippen LogP) is 3.58. The van der Waals surface area contributed by atoms with Crippen LogP contribution in [-0.2, 0) is 4.79 Å². The smallest absolute Gasteiger partial charge is 0.220 e. The first-order chi connectivity index (χ1) is 11.1. The number of carbonyl (C=O) groups excluding carboxylic acids is 1. The number of rotatable bonds is 5. The maximum Gasteiger partial charge on any atom is 0.220 e. The van der Waals surface area contributed by atoms with Gasteiger partial charge in [0.1, 0.15) is 0 Å². The quantitative estimate of drug-likeness (QED) is 0.852. The van der Waals surface area contributed by atoms with E-state index in [1.165, 1.54) is 4.88 Å². The number of amides is 1. The fraction of sp³-hybridized carbons (Fsp3) is 0.737. The molecule has 1 aromatic heterocycles. The fourth-order valence-corrected chi connectivity index (χ4v) is 4.39. The third kappa shape index (κ3) is 4.80. The summed E-state index contributed by atoms with van der Waals surface area (Å²) in [7, 11) is 0. The molecular formula is C19H32N2O2S. The highest BCUT2D eigenvalue weighted by Gasteiger charge is 2.46. The SMILES string of the molecule is CCCN1CC[C@@](C)(O)[C@@H](NC(=O)CC(C)(C)C)[C@@H]1c1cccs1. The van der Waals surface area contributed by atoms with Gasteiger partial charge in [0.05, 0.1) is 17.7 Å². The second kappa shape index (κ2) is 7.54. The molecule has 1 aromatic rings. The highest BCUT2D eigenvalue weighted by Crippen LogP contribution is 2.39. The summed E-state index contributed by atoms with van der Waals surface area (Å²) >= 11 is 1.70. The van der Waals surface area contributed by atoms with Gasteiger partial charge in [-0.3, -0.25) is 9.69 Å². The molecule has 4 nitrogen and oxygen atoms in total. The lowest BCUT2D eigenvalue weighted by molar-refractivity contribution is -0.130. The predicted molar refractivity (Wildman–Crippen MR) is 100 cm³/mol. The van der Waals surface area contributed by atoms with E-state index in [0.717, 1.165) is 19.5 Å². The standard InChI is InChI=1S/C19H32N2O2S/c1-6-10-21-11-9-19(5,23)17(16(21)14-8-7-12-24-14)20-15(22)13-18(2,3)4/h7-8,12,16-17,23H,6,9-11,13H2,1-5H3,(H,20,22)/t16-,17-,19+/m0/s1. The van der Waals surface area contributed by atoms with Crippen LogP contribution in [0.25, 0.3) is 0 Å². The van der Waals surface area contributed by atoms with E-state index in [2.05, 4.69) is 49.4 Å². The maximum atomic E-state index is 12.6. The van der Waals surface area contributed by atoms with Crippen molar-refractivity contribution in [2.75, 3.05) is 13.1 Å². The summed E-state index contributed by atoms with van der Waals surface area (Å²) in [4.78, 5) is 16.2. The van der Waals surface area contributed by atoms with Gasteiger partial charge in [0, 0.05) is 17.8 Å². The Balaban J connectivity index is 2.28. The fourth-order valence-electron chi connectivity index (χ4n) is 3.50. The van der Waals surface area contributed by atoms with Crippen molar-refractivity contribution in [1.82, 2.24) is 10.2 Å². The number of nitrogens with zero attached hydrogens (tertiary/aromatic N) is 1. The largest absolute Gasteiger partial charge is 0.388 e. The van der Waals surface area contributed by atoms with Gasteiger partial charge in [0.15, 0.2) is 0 Å². The Kier molecular flexibility index (Phi) is 6.10. The molecule has 24 heavy (non-hydrogen) atoms. The monoisotopic (exact) mass is 352 g/mol. The molecule has 0 aliphatic carbocycles. The van der Waals surface area contributed by atoms with Crippen LogP contribution in [0.5, 0.6) is 0 Å². The summed E-state index contributed by atoms with van der Waals surface area (Å²) in [5.41, 5.74) is -0.960. The topological polar surface area (TPSA) is 52.6 Å². The van der Waals surface area contributed by atoms with Gasteiger partial charge in [-0.25, -0.2) is 0 Å². The van der Waals surface area contributed by atoms with Gasteiger partial charge < -0.3 is 10.4 Å². The lowest BCUT2D eigenvalue weighted by Gasteiger charge is -2.49. The zero-order chi connectivity index (χ0) is 18.0. The molecular weight excluding hydrogens is 320 g/mol. The molecule has 0 spiro atoms. The van der Waals surface area contributed by atoms with Gasteiger partial charge in [-0.15, -0.1) is 11.3 Å². The minimum atomic E-state index is -0.896. The first-order valence-electron chi connectivity index (χ1n) is 8.93. The van der Waals surface area contributed by atoms with Crippen LogP contribution in [-0.4, -0.2) is 40.6 Å². The van der Waals surface area contributed by atoms with Crippen molar-refractivity contribution in [3.8, 4) is 0 Å². The molecule has 0 saturated carbocycles. The minimum Gasteiger partial charge on any atom is -0.388 e. The molecule has 1 aliphatic heterocycles. The third-order valence-electron chi connectivity index (χ3n) is 4.64. The van der Waals surface area contributed by atoms with Crippen LogP contribution < -0.4 is 5.32 Å². The van der Waals surface area contributed by atoms with Gasteiger partial charge >= 0.3 is 0 Å². The lowest BCUT2D eigenvalue weighted by Crippen LogP contribution is -2.62. The molecule has 1 fully saturated rings. The molecule has 0 aromatic carbocycles. The van der Waals surface area contributed by atoms with E-state index in [4.69, 9.17) is 0 Å². The Morgan fingerprint density at radius 2 is 2.21 bits per heavy atom. The second-order valence-electron chi connectivity index (χ2n) is 8.39. The summed E-state index contributed by atoms with van der Waals surface area (Å²) in [5, 5.41) is 16.2. The van der Waals surface area contributed by atoms with E-state index < -0.39 is 5.60 Å². The van der Waals surface area contributed by atoms with Crippen molar-refractivity contribution in [1.29, 1.82) is 0 Å². The minimum absolute atomic E-state index is 0.0210. The maximum absolute atomic E-state index is 12.6. The molecule has 2 heterocycles. The molecule has 1 aliphatic rings.